The van der Waals surface area contributed by atoms with E-state index in [1.165, 1.54) is 6.07 Å². The number of aryl methyl sites for hydroxylation is 1. The van der Waals surface area contributed by atoms with Crippen LogP contribution in [0.1, 0.15) is 21.9 Å². The van der Waals surface area contributed by atoms with E-state index in [2.05, 4.69) is 10.3 Å². The van der Waals surface area contributed by atoms with Crippen molar-refractivity contribution in [2.45, 2.75) is 13.5 Å². The van der Waals surface area contributed by atoms with Crippen LogP contribution in [0.3, 0.4) is 0 Å². The summed E-state index contributed by atoms with van der Waals surface area (Å²) in [7, 11) is 0. The molecule has 2 rings (SSSR count). The van der Waals surface area contributed by atoms with E-state index in [9.17, 15) is 4.79 Å². The Labute approximate surface area is 98.1 Å². The predicted octanol–water partition coefficient (Wildman–Crippen LogP) is 2.29. The van der Waals surface area contributed by atoms with Crippen molar-refractivity contribution in [3.05, 3.63) is 47.5 Å². The van der Waals surface area contributed by atoms with Crippen LogP contribution in [-0.4, -0.2) is 16.1 Å². The normalized spacial score (nSPS) is 10.2. The lowest BCUT2D eigenvalue weighted by Gasteiger charge is -2.06. The molecule has 17 heavy (non-hydrogen) atoms. The van der Waals surface area contributed by atoms with Crippen LogP contribution in [0.4, 0.5) is 5.82 Å². The molecule has 0 amide bonds. The summed E-state index contributed by atoms with van der Waals surface area (Å²) in [5.41, 5.74) is 0.149. The summed E-state index contributed by atoms with van der Waals surface area (Å²) < 4.78 is 5.37. The number of pyridine rings is 1. The highest BCUT2D eigenvalue weighted by atomic mass is 16.4. The summed E-state index contributed by atoms with van der Waals surface area (Å²) in [4.78, 5) is 14.9. The van der Waals surface area contributed by atoms with E-state index in [1.54, 1.807) is 12.3 Å². The molecule has 0 atom stereocenters. The van der Waals surface area contributed by atoms with Crippen molar-refractivity contribution in [3.8, 4) is 0 Å². The van der Waals surface area contributed by atoms with Gasteiger partial charge in [0, 0.05) is 6.20 Å². The second kappa shape index (κ2) is 4.69. The molecule has 2 aromatic rings. The van der Waals surface area contributed by atoms with Crippen LogP contribution in [0.25, 0.3) is 0 Å². The van der Waals surface area contributed by atoms with Gasteiger partial charge in [0.25, 0.3) is 0 Å². The first kappa shape index (κ1) is 11.2. The number of rotatable bonds is 4. The van der Waals surface area contributed by atoms with E-state index >= 15 is 0 Å². The Kier molecular flexibility index (Phi) is 3.09. The number of anilines is 1. The number of nitrogens with one attached hydrogen (secondary N) is 1. The minimum atomic E-state index is -1.00. The summed E-state index contributed by atoms with van der Waals surface area (Å²) in [6.45, 7) is 2.26. The second-order valence-electron chi connectivity index (χ2n) is 3.57. The molecule has 0 aliphatic carbocycles. The summed E-state index contributed by atoms with van der Waals surface area (Å²) in [5, 5.41) is 11.9. The Balaban J connectivity index is 2.11. The van der Waals surface area contributed by atoms with Crippen LogP contribution in [0, 0.1) is 6.92 Å². The van der Waals surface area contributed by atoms with Crippen LogP contribution >= 0.6 is 0 Å². The first-order valence-electron chi connectivity index (χ1n) is 5.14. The maximum atomic E-state index is 10.9. The van der Waals surface area contributed by atoms with E-state index in [1.807, 2.05) is 19.1 Å². The van der Waals surface area contributed by atoms with Gasteiger partial charge < -0.3 is 14.8 Å². The third kappa shape index (κ3) is 2.63. The number of furan rings is 1. The average molecular weight is 232 g/mol. The monoisotopic (exact) mass is 232 g/mol. The summed E-state index contributed by atoms with van der Waals surface area (Å²) in [5.74, 6) is 0.899. The molecule has 0 spiro atoms. The minimum absolute atomic E-state index is 0.149. The van der Waals surface area contributed by atoms with Gasteiger partial charge in [-0.3, -0.25) is 0 Å². The Hall–Kier alpha value is -2.30. The number of hydrogen-bond acceptors (Lipinski definition) is 4. The fourth-order valence-corrected chi connectivity index (χ4v) is 1.47. The van der Waals surface area contributed by atoms with Crippen LogP contribution in [0.15, 0.2) is 34.9 Å². The largest absolute Gasteiger partial charge is 0.478 e. The fraction of sp³-hybridized carbons (Fsp3) is 0.167. The van der Waals surface area contributed by atoms with E-state index in [-0.39, 0.29) is 5.56 Å². The first-order chi connectivity index (χ1) is 8.16. The molecule has 2 aromatic heterocycles. The molecule has 0 bridgehead atoms. The van der Waals surface area contributed by atoms with Crippen LogP contribution in [-0.2, 0) is 6.54 Å². The summed E-state index contributed by atoms with van der Waals surface area (Å²) in [6.07, 6.45) is 1.54. The van der Waals surface area contributed by atoms with Crippen LogP contribution in [0.2, 0.25) is 0 Å². The zero-order valence-corrected chi connectivity index (χ0v) is 9.30. The van der Waals surface area contributed by atoms with Gasteiger partial charge in [0.2, 0.25) is 0 Å². The van der Waals surface area contributed by atoms with Gasteiger partial charge in [0.1, 0.15) is 22.9 Å². The molecule has 2 N–H and O–H groups in total. The number of aromatic carboxylic acids is 1. The molecular weight excluding hydrogens is 220 g/mol. The van der Waals surface area contributed by atoms with Gasteiger partial charge in [-0.25, -0.2) is 9.78 Å². The van der Waals surface area contributed by atoms with Gasteiger partial charge in [-0.05, 0) is 31.2 Å². The Morgan fingerprint density at radius 2 is 2.29 bits per heavy atom. The molecule has 0 aliphatic rings. The van der Waals surface area contributed by atoms with Crippen LogP contribution in [0.5, 0.6) is 0 Å². The average Bonchev–Trinajstić information content (AvgIpc) is 2.73. The van der Waals surface area contributed by atoms with Gasteiger partial charge in [0.15, 0.2) is 0 Å². The SMILES string of the molecule is Cc1ccc(CNc2ncccc2C(=O)O)o1. The van der Waals surface area contributed by atoms with E-state index in [0.717, 1.165) is 11.5 Å². The zero-order valence-electron chi connectivity index (χ0n) is 9.30. The molecule has 0 aliphatic heterocycles. The quantitative estimate of drug-likeness (QED) is 0.845. The summed E-state index contributed by atoms with van der Waals surface area (Å²) >= 11 is 0. The van der Waals surface area contributed by atoms with Gasteiger partial charge in [-0.2, -0.15) is 0 Å². The molecule has 0 fully saturated rings. The Bertz CT molecular complexity index is 534. The molecule has 5 nitrogen and oxygen atoms in total. The Morgan fingerprint density at radius 3 is 2.94 bits per heavy atom. The predicted molar refractivity (Wildman–Crippen MR) is 62.0 cm³/mol. The first-order valence-corrected chi connectivity index (χ1v) is 5.14. The van der Waals surface area contributed by atoms with Crippen molar-refractivity contribution >= 4 is 11.8 Å². The minimum Gasteiger partial charge on any atom is -0.478 e. The number of carbonyl (C=O) groups is 1. The Morgan fingerprint density at radius 1 is 1.47 bits per heavy atom. The maximum absolute atomic E-state index is 10.9. The lowest BCUT2D eigenvalue weighted by atomic mass is 10.2. The standard InChI is InChI=1S/C12H12N2O3/c1-8-4-5-9(17-8)7-14-11-10(12(15)16)3-2-6-13-11/h2-6H,7H2,1H3,(H,13,14)(H,15,16). The molecular formula is C12H12N2O3. The van der Waals surface area contributed by atoms with Crippen molar-refractivity contribution in [2.24, 2.45) is 0 Å². The van der Waals surface area contributed by atoms with Crippen molar-refractivity contribution in [1.82, 2.24) is 4.98 Å². The van der Waals surface area contributed by atoms with Crippen LogP contribution < -0.4 is 5.32 Å². The number of carboxylic acids is 1. The molecule has 5 heteroatoms. The number of hydrogen-bond donors (Lipinski definition) is 2. The maximum Gasteiger partial charge on any atom is 0.339 e. The smallest absolute Gasteiger partial charge is 0.339 e. The molecule has 88 valence electrons. The van der Waals surface area contributed by atoms with Crippen molar-refractivity contribution in [1.29, 1.82) is 0 Å². The van der Waals surface area contributed by atoms with Gasteiger partial charge >= 0.3 is 5.97 Å². The number of carboxylic acid groups (broad SMARTS) is 1. The van der Waals surface area contributed by atoms with Crippen molar-refractivity contribution in [2.75, 3.05) is 5.32 Å². The lowest BCUT2D eigenvalue weighted by Crippen LogP contribution is -2.07. The van der Waals surface area contributed by atoms with E-state index in [4.69, 9.17) is 9.52 Å². The highest BCUT2D eigenvalue weighted by Crippen LogP contribution is 2.13. The third-order valence-corrected chi connectivity index (χ3v) is 2.26. The van der Waals surface area contributed by atoms with Gasteiger partial charge in [0.05, 0.1) is 6.54 Å². The number of nitrogens with zero attached hydrogens (tertiary/aromatic N) is 1. The molecule has 0 unspecified atom stereocenters. The molecule has 0 aromatic carbocycles. The second-order valence-corrected chi connectivity index (χ2v) is 3.57. The molecule has 0 radical (unpaired) electrons. The fourth-order valence-electron chi connectivity index (χ4n) is 1.47. The van der Waals surface area contributed by atoms with Gasteiger partial charge in [-0.15, -0.1) is 0 Å². The molecule has 0 saturated carbocycles. The zero-order chi connectivity index (χ0) is 12.3. The van der Waals surface area contributed by atoms with Crippen molar-refractivity contribution < 1.29 is 14.3 Å². The van der Waals surface area contributed by atoms with Crippen molar-refractivity contribution in [3.63, 3.8) is 0 Å². The highest BCUT2D eigenvalue weighted by Gasteiger charge is 2.10. The molecule has 0 saturated heterocycles. The highest BCUT2D eigenvalue weighted by molar-refractivity contribution is 5.92. The number of aromatic nitrogens is 1. The van der Waals surface area contributed by atoms with E-state index in [0.29, 0.717) is 12.4 Å². The third-order valence-electron chi connectivity index (χ3n) is 2.26. The summed E-state index contributed by atoms with van der Waals surface area (Å²) in [6, 6.07) is 6.79. The van der Waals surface area contributed by atoms with E-state index < -0.39 is 5.97 Å². The van der Waals surface area contributed by atoms with Gasteiger partial charge in [-0.1, -0.05) is 0 Å². The topological polar surface area (TPSA) is 75.4 Å². The lowest BCUT2D eigenvalue weighted by molar-refractivity contribution is 0.0697. The molecule has 2 heterocycles.